The van der Waals surface area contributed by atoms with Crippen LogP contribution in [0.4, 0.5) is 18.9 Å². The molecule has 21 heavy (non-hydrogen) atoms. The first-order valence-corrected chi connectivity index (χ1v) is 6.81. The molecular formula is C15H17F3N2O. The largest absolute Gasteiger partial charge is 0.417 e. The van der Waals surface area contributed by atoms with Crippen LogP contribution >= 0.6 is 0 Å². The molecule has 6 heteroatoms. The van der Waals surface area contributed by atoms with Gasteiger partial charge in [0.25, 0.3) is 0 Å². The third kappa shape index (κ3) is 3.67. The quantitative estimate of drug-likeness (QED) is 0.857. The van der Waals surface area contributed by atoms with Crippen molar-refractivity contribution in [3.8, 4) is 6.07 Å². The zero-order valence-electron chi connectivity index (χ0n) is 11.8. The van der Waals surface area contributed by atoms with Gasteiger partial charge in [-0.2, -0.15) is 18.4 Å². The average Bonchev–Trinajstić information content (AvgIpc) is 2.47. The van der Waals surface area contributed by atoms with Crippen LogP contribution in [0.15, 0.2) is 18.2 Å². The summed E-state index contributed by atoms with van der Waals surface area (Å²) in [7, 11) is 1.67. The molecule has 0 atom stereocenters. The van der Waals surface area contributed by atoms with E-state index in [2.05, 4.69) is 0 Å². The highest BCUT2D eigenvalue weighted by molar-refractivity contribution is 5.55. The standard InChI is InChI=1S/C15H17F3N2O/c1-21-10-11-4-6-20(7-5-11)13-2-3-14(15(16,17)18)12(8-13)9-19/h2-3,8,11H,4-7,10H2,1H3. The van der Waals surface area contributed by atoms with E-state index in [9.17, 15) is 13.2 Å². The van der Waals surface area contributed by atoms with Crippen molar-refractivity contribution in [1.29, 1.82) is 5.26 Å². The number of nitrogens with zero attached hydrogens (tertiary/aromatic N) is 2. The minimum atomic E-state index is -4.49. The second-order valence-corrected chi connectivity index (χ2v) is 5.23. The van der Waals surface area contributed by atoms with Gasteiger partial charge in [-0.25, -0.2) is 0 Å². The van der Waals surface area contributed by atoms with Gasteiger partial charge in [0.2, 0.25) is 0 Å². The molecule has 1 aromatic rings. The molecule has 0 saturated carbocycles. The lowest BCUT2D eigenvalue weighted by molar-refractivity contribution is -0.137. The molecule has 0 radical (unpaired) electrons. The van der Waals surface area contributed by atoms with E-state index in [-0.39, 0.29) is 5.56 Å². The lowest BCUT2D eigenvalue weighted by atomic mass is 9.97. The molecule has 0 N–H and O–H groups in total. The van der Waals surface area contributed by atoms with Crippen LogP contribution in [-0.2, 0) is 10.9 Å². The Labute approximate surface area is 121 Å². The van der Waals surface area contributed by atoms with E-state index in [1.807, 2.05) is 4.90 Å². The highest BCUT2D eigenvalue weighted by Crippen LogP contribution is 2.34. The van der Waals surface area contributed by atoms with Crippen molar-refractivity contribution >= 4 is 5.69 Å². The molecule has 0 bridgehead atoms. The number of hydrogen-bond donors (Lipinski definition) is 0. The number of rotatable bonds is 3. The first-order valence-electron chi connectivity index (χ1n) is 6.81. The van der Waals surface area contributed by atoms with Gasteiger partial charge < -0.3 is 9.64 Å². The monoisotopic (exact) mass is 298 g/mol. The van der Waals surface area contributed by atoms with Crippen LogP contribution in [0.1, 0.15) is 24.0 Å². The highest BCUT2D eigenvalue weighted by atomic mass is 19.4. The number of piperidine rings is 1. The molecule has 1 aliphatic heterocycles. The Balaban J connectivity index is 2.14. The van der Waals surface area contributed by atoms with E-state index >= 15 is 0 Å². The van der Waals surface area contributed by atoms with Gasteiger partial charge in [0, 0.05) is 32.5 Å². The molecule has 0 aliphatic carbocycles. The predicted octanol–water partition coefficient (Wildman–Crippen LogP) is 3.44. The summed E-state index contributed by atoms with van der Waals surface area (Å²) in [5.41, 5.74) is -0.516. The summed E-state index contributed by atoms with van der Waals surface area (Å²) in [4.78, 5) is 2.02. The Morgan fingerprint density at radius 2 is 2.00 bits per heavy atom. The second-order valence-electron chi connectivity index (χ2n) is 5.23. The lowest BCUT2D eigenvalue weighted by Gasteiger charge is -2.33. The van der Waals surface area contributed by atoms with E-state index < -0.39 is 11.7 Å². The molecule has 1 aromatic carbocycles. The number of hydrogen-bond acceptors (Lipinski definition) is 3. The lowest BCUT2D eigenvalue weighted by Crippen LogP contribution is -2.35. The van der Waals surface area contributed by atoms with Crippen molar-refractivity contribution < 1.29 is 17.9 Å². The number of nitriles is 1. The Bertz CT molecular complexity index is 529. The highest BCUT2D eigenvalue weighted by Gasteiger charge is 2.34. The smallest absolute Gasteiger partial charge is 0.384 e. The molecule has 3 nitrogen and oxygen atoms in total. The van der Waals surface area contributed by atoms with Crippen LogP contribution in [0.5, 0.6) is 0 Å². The van der Waals surface area contributed by atoms with Crippen molar-refractivity contribution in [3.05, 3.63) is 29.3 Å². The number of ether oxygens (including phenoxy) is 1. The summed E-state index contributed by atoms with van der Waals surface area (Å²) in [6, 6.07) is 5.42. The van der Waals surface area contributed by atoms with Crippen LogP contribution < -0.4 is 4.90 Å². The number of halogens is 3. The van der Waals surface area contributed by atoms with Gasteiger partial charge in [-0.05, 0) is 37.0 Å². The van der Waals surface area contributed by atoms with Gasteiger partial charge in [0.15, 0.2) is 0 Å². The summed E-state index contributed by atoms with van der Waals surface area (Å²) < 4.78 is 43.4. The molecule has 0 unspecified atom stereocenters. The van der Waals surface area contributed by atoms with Crippen molar-refractivity contribution in [2.75, 3.05) is 31.7 Å². The van der Waals surface area contributed by atoms with E-state index in [1.54, 1.807) is 13.2 Å². The molecule has 2 rings (SSSR count). The fourth-order valence-corrected chi connectivity index (χ4v) is 2.66. The van der Waals surface area contributed by atoms with E-state index in [0.29, 0.717) is 18.2 Å². The topological polar surface area (TPSA) is 36.3 Å². The molecule has 0 aromatic heterocycles. The fraction of sp³-hybridized carbons (Fsp3) is 0.533. The van der Waals surface area contributed by atoms with Crippen molar-refractivity contribution in [2.45, 2.75) is 19.0 Å². The average molecular weight is 298 g/mol. The predicted molar refractivity (Wildman–Crippen MR) is 73.0 cm³/mol. The Kier molecular flexibility index (Phi) is 4.73. The maximum absolute atomic E-state index is 12.8. The first kappa shape index (κ1) is 15.6. The van der Waals surface area contributed by atoms with Gasteiger partial charge in [0.1, 0.15) is 0 Å². The summed E-state index contributed by atoms with van der Waals surface area (Å²) in [5, 5.41) is 8.93. The molecular weight excluding hydrogens is 281 g/mol. The normalized spacial score (nSPS) is 16.8. The Morgan fingerprint density at radius 3 is 2.52 bits per heavy atom. The molecule has 1 fully saturated rings. The molecule has 0 spiro atoms. The second kappa shape index (κ2) is 6.35. The number of anilines is 1. The zero-order valence-corrected chi connectivity index (χ0v) is 11.8. The Morgan fingerprint density at radius 1 is 1.33 bits per heavy atom. The number of methoxy groups -OCH3 is 1. The summed E-state index contributed by atoms with van der Waals surface area (Å²) in [6.45, 7) is 2.25. The van der Waals surface area contributed by atoms with Crippen LogP contribution in [0.2, 0.25) is 0 Å². The third-order valence-electron chi connectivity index (χ3n) is 3.81. The summed E-state index contributed by atoms with van der Waals surface area (Å²) >= 11 is 0. The number of benzene rings is 1. The van der Waals surface area contributed by atoms with Crippen molar-refractivity contribution in [2.24, 2.45) is 5.92 Å². The fourth-order valence-electron chi connectivity index (χ4n) is 2.66. The maximum Gasteiger partial charge on any atom is 0.417 e. The number of alkyl halides is 3. The summed E-state index contributed by atoms with van der Waals surface area (Å²) in [6.07, 6.45) is -2.61. The van der Waals surface area contributed by atoms with E-state index in [0.717, 1.165) is 32.0 Å². The van der Waals surface area contributed by atoms with Crippen LogP contribution in [0.25, 0.3) is 0 Å². The minimum Gasteiger partial charge on any atom is -0.384 e. The van der Waals surface area contributed by atoms with E-state index in [1.165, 1.54) is 12.1 Å². The van der Waals surface area contributed by atoms with Gasteiger partial charge in [-0.3, -0.25) is 0 Å². The SMILES string of the molecule is COCC1CCN(c2ccc(C(F)(F)F)c(C#N)c2)CC1. The van der Waals surface area contributed by atoms with Crippen molar-refractivity contribution in [1.82, 2.24) is 0 Å². The van der Waals surface area contributed by atoms with Gasteiger partial charge >= 0.3 is 6.18 Å². The molecule has 0 amide bonds. The molecule has 114 valence electrons. The first-order chi connectivity index (χ1) is 9.95. The van der Waals surface area contributed by atoms with E-state index in [4.69, 9.17) is 10.00 Å². The van der Waals surface area contributed by atoms with Crippen LogP contribution in [0.3, 0.4) is 0 Å². The van der Waals surface area contributed by atoms with Crippen LogP contribution in [0, 0.1) is 17.2 Å². The van der Waals surface area contributed by atoms with Crippen molar-refractivity contribution in [3.63, 3.8) is 0 Å². The molecule has 1 saturated heterocycles. The van der Waals surface area contributed by atoms with Gasteiger partial charge in [-0.15, -0.1) is 0 Å². The van der Waals surface area contributed by atoms with Gasteiger partial charge in [0.05, 0.1) is 17.2 Å². The minimum absolute atomic E-state index is 0.320. The third-order valence-corrected chi connectivity index (χ3v) is 3.81. The van der Waals surface area contributed by atoms with Crippen LogP contribution in [-0.4, -0.2) is 26.8 Å². The maximum atomic E-state index is 12.8. The Hall–Kier alpha value is -1.74. The molecule has 1 aliphatic rings. The zero-order chi connectivity index (χ0) is 15.5. The molecule has 1 heterocycles. The van der Waals surface area contributed by atoms with Gasteiger partial charge in [-0.1, -0.05) is 0 Å². The summed E-state index contributed by atoms with van der Waals surface area (Å²) in [5.74, 6) is 0.496.